The van der Waals surface area contributed by atoms with Crippen LogP contribution in [0.25, 0.3) is 0 Å². The van der Waals surface area contributed by atoms with Crippen LogP contribution in [0.1, 0.15) is 27.1 Å². The Morgan fingerprint density at radius 2 is 1.58 bits per heavy atom. The number of nitrogens with one attached hydrogen (secondary N) is 3. The molecule has 0 bridgehead atoms. The fourth-order valence-corrected chi connectivity index (χ4v) is 3.29. The highest BCUT2D eigenvalue weighted by atomic mass is 16.5. The molecule has 0 unspecified atom stereocenters. The van der Waals surface area contributed by atoms with Crippen LogP contribution in [0.4, 0.5) is 11.4 Å². The van der Waals surface area contributed by atoms with Crippen molar-refractivity contribution in [2.24, 2.45) is 0 Å². The van der Waals surface area contributed by atoms with E-state index in [1.807, 2.05) is 0 Å². The SMILES string of the molecule is COCCCNC(=O)c1ccc(NC(=O)CNc2ccc(C(=O)N3CCOCC3)cc2)cc1. The van der Waals surface area contributed by atoms with Gasteiger partial charge in [-0.25, -0.2) is 0 Å². The van der Waals surface area contributed by atoms with Gasteiger partial charge >= 0.3 is 0 Å². The molecule has 9 nitrogen and oxygen atoms in total. The van der Waals surface area contributed by atoms with Crippen LogP contribution in [-0.4, -0.2) is 75.7 Å². The lowest BCUT2D eigenvalue weighted by Gasteiger charge is -2.26. The number of hydrogen-bond donors (Lipinski definition) is 3. The monoisotopic (exact) mass is 454 g/mol. The number of hydrogen-bond acceptors (Lipinski definition) is 6. The van der Waals surface area contributed by atoms with E-state index >= 15 is 0 Å². The molecule has 0 aromatic heterocycles. The highest BCUT2D eigenvalue weighted by Gasteiger charge is 2.18. The number of morpholine rings is 1. The Balaban J connectivity index is 1.42. The molecule has 0 atom stereocenters. The van der Waals surface area contributed by atoms with E-state index in [1.165, 1.54) is 0 Å². The molecule has 3 rings (SSSR count). The van der Waals surface area contributed by atoms with E-state index in [2.05, 4.69) is 16.0 Å². The van der Waals surface area contributed by atoms with Crippen molar-refractivity contribution in [2.45, 2.75) is 6.42 Å². The lowest BCUT2D eigenvalue weighted by atomic mass is 10.1. The van der Waals surface area contributed by atoms with Crippen LogP contribution in [0.5, 0.6) is 0 Å². The lowest BCUT2D eigenvalue weighted by molar-refractivity contribution is -0.114. The second-order valence-corrected chi connectivity index (χ2v) is 7.56. The first-order valence-corrected chi connectivity index (χ1v) is 10.9. The number of ether oxygens (including phenoxy) is 2. The number of anilines is 2. The highest BCUT2D eigenvalue weighted by molar-refractivity contribution is 5.97. The predicted octanol–water partition coefficient (Wildman–Crippen LogP) is 1.98. The Kier molecular flexibility index (Phi) is 9.22. The van der Waals surface area contributed by atoms with Crippen molar-refractivity contribution in [3.63, 3.8) is 0 Å². The predicted molar refractivity (Wildman–Crippen MR) is 126 cm³/mol. The Bertz CT molecular complexity index is 925. The molecule has 2 aromatic carbocycles. The van der Waals surface area contributed by atoms with Gasteiger partial charge in [0, 0.05) is 55.9 Å². The van der Waals surface area contributed by atoms with Gasteiger partial charge in [-0.05, 0) is 55.0 Å². The Labute approximate surface area is 193 Å². The van der Waals surface area contributed by atoms with Gasteiger partial charge in [-0.1, -0.05) is 0 Å². The summed E-state index contributed by atoms with van der Waals surface area (Å²) in [5, 5.41) is 8.65. The van der Waals surface area contributed by atoms with E-state index < -0.39 is 0 Å². The van der Waals surface area contributed by atoms with E-state index in [9.17, 15) is 14.4 Å². The molecule has 0 saturated carbocycles. The number of rotatable bonds is 10. The van der Waals surface area contributed by atoms with E-state index in [0.29, 0.717) is 56.3 Å². The zero-order valence-electron chi connectivity index (χ0n) is 18.8. The standard InChI is InChI=1S/C24H30N4O5/c1-32-14-2-11-25-23(30)18-3-9-21(10-4-18)27-22(29)17-26-20-7-5-19(6-8-20)24(31)28-12-15-33-16-13-28/h3-10,26H,2,11-17H2,1H3,(H,25,30)(H,27,29). The molecule has 1 aliphatic heterocycles. The summed E-state index contributed by atoms with van der Waals surface area (Å²) in [7, 11) is 1.62. The number of nitrogens with zero attached hydrogens (tertiary/aromatic N) is 1. The maximum Gasteiger partial charge on any atom is 0.254 e. The summed E-state index contributed by atoms with van der Waals surface area (Å²) in [6.07, 6.45) is 0.746. The van der Waals surface area contributed by atoms with E-state index in [1.54, 1.807) is 60.5 Å². The Morgan fingerprint density at radius 1 is 0.939 bits per heavy atom. The maximum absolute atomic E-state index is 12.5. The molecule has 33 heavy (non-hydrogen) atoms. The smallest absolute Gasteiger partial charge is 0.254 e. The number of carbonyl (C=O) groups excluding carboxylic acids is 3. The lowest BCUT2D eigenvalue weighted by Crippen LogP contribution is -2.40. The average molecular weight is 455 g/mol. The molecule has 1 fully saturated rings. The van der Waals surface area contributed by atoms with Crippen molar-refractivity contribution in [2.75, 3.05) is 63.7 Å². The number of carbonyl (C=O) groups is 3. The molecule has 176 valence electrons. The molecule has 0 spiro atoms. The maximum atomic E-state index is 12.5. The fraction of sp³-hybridized carbons (Fsp3) is 0.375. The summed E-state index contributed by atoms with van der Waals surface area (Å²) >= 11 is 0. The number of methoxy groups -OCH3 is 1. The van der Waals surface area contributed by atoms with Crippen molar-refractivity contribution in [3.05, 3.63) is 59.7 Å². The van der Waals surface area contributed by atoms with Gasteiger partial charge in [0.1, 0.15) is 0 Å². The van der Waals surface area contributed by atoms with Gasteiger partial charge in [0.2, 0.25) is 5.91 Å². The van der Waals surface area contributed by atoms with Crippen LogP contribution < -0.4 is 16.0 Å². The van der Waals surface area contributed by atoms with E-state index in [4.69, 9.17) is 9.47 Å². The minimum atomic E-state index is -0.222. The van der Waals surface area contributed by atoms with Crippen molar-refractivity contribution in [3.8, 4) is 0 Å². The Hall–Kier alpha value is -3.43. The summed E-state index contributed by atoms with van der Waals surface area (Å²) in [4.78, 5) is 38.6. The normalized spacial score (nSPS) is 13.3. The second-order valence-electron chi connectivity index (χ2n) is 7.56. The van der Waals surface area contributed by atoms with Crippen LogP contribution in [0.2, 0.25) is 0 Å². The summed E-state index contributed by atoms with van der Waals surface area (Å²) in [5.74, 6) is -0.406. The van der Waals surface area contributed by atoms with Gasteiger partial charge in [-0.2, -0.15) is 0 Å². The highest BCUT2D eigenvalue weighted by Crippen LogP contribution is 2.13. The first kappa shape index (κ1) is 24.2. The first-order chi connectivity index (χ1) is 16.1. The topological polar surface area (TPSA) is 109 Å². The zero-order valence-corrected chi connectivity index (χ0v) is 18.8. The van der Waals surface area contributed by atoms with Crippen molar-refractivity contribution in [1.82, 2.24) is 10.2 Å². The molecule has 3 N–H and O–H groups in total. The van der Waals surface area contributed by atoms with Crippen LogP contribution in [0.15, 0.2) is 48.5 Å². The minimum absolute atomic E-state index is 0.0188. The average Bonchev–Trinajstić information content (AvgIpc) is 2.86. The van der Waals surface area contributed by atoms with Gasteiger partial charge in [0.15, 0.2) is 0 Å². The molecule has 0 radical (unpaired) electrons. The molecule has 2 aromatic rings. The third-order valence-corrected chi connectivity index (χ3v) is 5.12. The molecule has 1 saturated heterocycles. The van der Waals surface area contributed by atoms with Crippen molar-refractivity contribution >= 4 is 29.1 Å². The summed E-state index contributed by atoms with van der Waals surface area (Å²) in [5.41, 5.74) is 2.47. The van der Waals surface area contributed by atoms with Crippen LogP contribution in [0, 0.1) is 0 Å². The van der Waals surface area contributed by atoms with Crippen LogP contribution >= 0.6 is 0 Å². The number of benzene rings is 2. The fourth-order valence-electron chi connectivity index (χ4n) is 3.29. The largest absolute Gasteiger partial charge is 0.385 e. The van der Waals surface area contributed by atoms with Gasteiger partial charge < -0.3 is 30.3 Å². The van der Waals surface area contributed by atoms with Crippen LogP contribution in [-0.2, 0) is 14.3 Å². The molecule has 9 heteroatoms. The zero-order chi connectivity index (χ0) is 23.5. The molecular formula is C24H30N4O5. The molecule has 3 amide bonds. The third-order valence-electron chi connectivity index (χ3n) is 5.12. The third kappa shape index (κ3) is 7.58. The quantitative estimate of drug-likeness (QED) is 0.474. The van der Waals surface area contributed by atoms with E-state index in [-0.39, 0.29) is 24.3 Å². The first-order valence-electron chi connectivity index (χ1n) is 10.9. The van der Waals surface area contributed by atoms with Gasteiger partial charge in [0.25, 0.3) is 11.8 Å². The van der Waals surface area contributed by atoms with Crippen molar-refractivity contribution in [1.29, 1.82) is 0 Å². The molecule has 1 heterocycles. The summed E-state index contributed by atoms with van der Waals surface area (Å²) < 4.78 is 10.2. The summed E-state index contributed by atoms with van der Waals surface area (Å²) in [6, 6.07) is 13.8. The molecule has 0 aliphatic carbocycles. The molecular weight excluding hydrogens is 424 g/mol. The van der Waals surface area contributed by atoms with Crippen LogP contribution in [0.3, 0.4) is 0 Å². The number of amides is 3. The molecule has 1 aliphatic rings. The second kappa shape index (κ2) is 12.6. The summed E-state index contributed by atoms with van der Waals surface area (Å²) in [6.45, 7) is 3.52. The van der Waals surface area contributed by atoms with E-state index in [0.717, 1.165) is 12.1 Å². The van der Waals surface area contributed by atoms with Crippen molar-refractivity contribution < 1.29 is 23.9 Å². The minimum Gasteiger partial charge on any atom is -0.385 e. The van der Waals surface area contributed by atoms with Gasteiger partial charge in [-0.15, -0.1) is 0 Å². The van der Waals surface area contributed by atoms with Gasteiger partial charge in [0.05, 0.1) is 19.8 Å². The Morgan fingerprint density at radius 3 is 2.24 bits per heavy atom. The van der Waals surface area contributed by atoms with Gasteiger partial charge in [-0.3, -0.25) is 14.4 Å².